The molecule has 0 radical (unpaired) electrons. The number of carbonyl (C=O) groups is 2. The van der Waals surface area contributed by atoms with Gasteiger partial charge in [0.25, 0.3) is 5.91 Å². The van der Waals surface area contributed by atoms with E-state index in [0.717, 1.165) is 23.8 Å². The summed E-state index contributed by atoms with van der Waals surface area (Å²) in [6.45, 7) is 7.68. The zero-order valence-corrected chi connectivity index (χ0v) is 25.0. The fraction of sp³-hybridized carbons (Fsp3) is 0.469. The molecule has 1 fully saturated rings. The first-order chi connectivity index (χ1) is 20.4. The lowest BCUT2D eigenvalue weighted by Gasteiger charge is -2.43. The molecule has 8 nitrogen and oxygen atoms in total. The normalized spacial score (nSPS) is 18.3. The quantitative estimate of drug-likeness (QED) is 0.289. The number of halogens is 3. The number of hydrogen-bond donors (Lipinski definition) is 3. The van der Waals surface area contributed by atoms with Crippen LogP contribution in [0.4, 0.5) is 13.2 Å². The van der Waals surface area contributed by atoms with Crippen molar-refractivity contribution in [2.75, 3.05) is 26.2 Å². The summed E-state index contributed by atoms with van der Waals surface area (Å²) in [5, 5.41) is 16.3. The molecule has 1 aliphatic heterocycles. The number of aromatic nitrogens is 2. The Morgan fingerprint density at radius 1 is 1.19 bits per heavy atom. The number of aliphatic hydroxyl groups is 1. The molecular weight excluding hydrogens is 559 g/mol. The van der Waals surface area contributed by atoms with E-state index >= 15 is 4.39 Å². The number of rotatable bonds is 12. The topological polar surface area (TPSA) is 99.5 Å². The Balaban J connectivity index is 1.91. The average molecular weight is 600 g/mol. The second-order valence-corrected chi connectivity index (χ2v) is 11.9. The molecule has 4 atom stereocenters. The third kappa shape index (κ3) is 7.83. The van der Waals surface area contributed by atoms with Crippen LogP contribution >= 0.6 is 0 Å². The molecule has 1 saturated heterocycles. The lowest BCUT2D eigenvalue weighted by Crippen LogP contribution is -2.50. The molecule has 2 aromatic carbocycles. The van der Waals surface area contributed by atoms with E-state index in [-0.39, 0.29) is 36.8 Å². The summed E-state index contributed by atoms with van der Waals surface area (Å²) in [4.78, 5) is 31.7. The summed E-state index contributed by atoms with van der Waals surface area (Å²) in [6.07, 6.45) is -0.575. The number of benzene rings is 2. The van der Waals surface area contributed by atoms with Crippen molar-refractivity contribution < 1.29 is 27.9 Å². The number of nitrogens with one attached hydrogen (secondary N) is 2. The number of imidazole rings is 1. The van der Waals surface area contributed by atoms with Gasteiger partial charge in [0, 0.05) is 57.3 Å². The van der Waals surface area contributed by atoms with Crippen LogP contribution in [0.15, 0.2) is 54.7 Å². The van der Waals surface area contributed by atoms with Gasteiger partial charge in [0.2, 0.25) is 5.91 Å². The number of carbonyl (C=O) groups excluding carboxylic acids is 2. The monoisotopic (exact) mass is 599 g/mol. The number of amides is 2. The standard InChI is InChI=1S/C32H40F3N5O3/c1-20(41)31(43)40(18-23-15-36-16-27(23)35)29(32(3,4)12-13-37-21(2)42)30-38-28(25-14-24(33)10-11-26(25)34)19-39(30)17-22-8-6-5-7-9-22/h5-11,14,19-20,23,27,29,36,41H,12-13,15-18H2,1-4H3,(H,37,42)/t20-,23-,27-,29-/m0/s1. The first-order valence-electron chi connectivity index (χ1n) is 14.5. The van der Waals surface area contributed by atoms with Crippen molar-refractivity contribution in [1.29, 1.82) is 0 Å². The molecule has 3 aromatic rings. The van der Waals surface area contributed by atoms with Gasteiger partial charge in [-0.3, -0.25) is 9.59 Å². The molecule has 43 heavy (non-hydrogen) atoms. The fourth-order valence-corrected chi connectivity index (χ4v) is 5.68. The largest absolute Gasteiger partial charge is 0.384 e. The average Bonchev–Trinajstić information content (AvgIpc) is 3.54. The van der Waals surface area contributed by atoms with Gasteiger partial charge < -0.3 is 25.2 Å². The minimum Gasteiger partial charge on any atom is -0.384 e. The lowest BCUT2D eigenvalue weighted by atomic mass is 9.78. The van der Waals surface area contributed by atoms with Gasteiger partial charge >= 0.3 is 0 Å². The smallest absolute Gasteiger partial charge is 0.251 e. The molecule has 1 aromatic heterocycles. The summed E-state index contributed by atoms with van der Waals surface area (Å²) in [6, 6.07) is 11.8. The molecule has 1 aliphatic rings. The predicted molar refractivity (Wildman–Crippen MR) is 158 cm³/mol. The Bertz CT molecular complexity index is 1410. The number of nitrogens with zero attached hydrogens (tertiary/aromatic N) is 3. The summed E-state index contributed by atoms with van der Waals surface area (Å²) in [5.74, 6) is -2.27. The van der Waals surface area contributed by atoms with E-state index in [1.807, 2.05) is 44.2 Å². The van der Waals surface area contributed by atoms with Crippen LogP contribution < -0.4 is 10.6 Å². The van der Waals surface area contributed by atoms with Gasteiger partial charge in [-0.2, -0.15) is 0 Å². The van der Waals surface area contributed by atoms with Crippen molar-refractivity contribution >= 4 is 11.8 Å². The zero-order valence-electron chi connectivity index (χ0n) is 25.0. The maximum absolute atomic E-state index is 15.0. The van der Waals surface area contributed by atoms with Gasteiger partial charge in [0.05, 0.1) is 11.7 Å². The Morgan fingerprint density at radius 3 is 2.53 bits per heavy atom. The highest BCUT2D eigenvalue weighted by Crippen LogP contribution is 2.43. The predicted octanol–water partition coefficient (Wildman–Crippen LogP) is 4.24. The van der Waals surface area contributed by atoms with Gasteiger partial charge in [0.1, 0.15) is 29.7 Å². The molecule has 232 valence electrons. The molecular formula is C32H40F3N5O3. The maximum atomic E-state index is 15.0. The van der Waals surface area contributed by atoms with E-state index in [2.05, 4.69) is 10.6 Å². The molecule has 4 rings (SSSR count). The third-order valence-corrected chi connectivity index (χ3v) is 7.98. The Kier molecular flexibility index (Phi) is 10.3. The molecule has 3 N–H and O–H groups in total. The van der Waals surface area contributed by atoms with E-state index in [9.17, 15) is 23.5 Å². The van der Waals surface area contributed by atoms with Crippen molar-refractivity contribution in [3.8, 4) is 11.3 Å². The lowest BCUT2D eigenvalue weighted by molar-refractivity contribution is -0.146. The molecule has 0 saturated carbocycles. The molecule has 0 unspecified atom stereocenters. The minimum absolute atomic E-state index is 0.00596. The van der Waals surface area contributed by atoms with Crippen molar-refractivity contribution in [2.24, 2.45) is 11.3 Å². The summed E-state index contributed by atoms with van der Waals surface area (Å²) in [7, 11) is 0. The van der Waals surface area contributed by atoms with Crippen molar-refractivity contribution in [1.82, 2.24) is 25.1 Å². The third-order valence-electron chi connectivity index (χ3n) is 7.98. The van der Waals surface area contributed by atoms with E-state index < -0.39 is 47.2 Å². The van der Waals surface area contributed by atoms with Crippen LogP contribution in [0.5, 0.6) is 0 Å². The fourth-order valence-electron chi connectivity index (χ4n) is 5.68. The summed E-state index contributed by atoms with van der Waals surface area (Å²) < 4.78 is 46.0. The maximum Gasteiger partial charge on any atom is 0.251 e. The van der Waals surface area contributed by atoms with Crippen LogP contribution in [0, 0.1) is 23.0 Å². The molecule has 0 aliphatic carbocycles. The molecule has 0 bridgehead atoms. The Labute approximate surface area is 250 Å². The first-order valence-corrected chi connectivity index (χ1v) is 14.5. The molecule has 2 heterocycles. The second kappa shape index (κ2) is 13.7. The van der Waals surface area contributed by atoms with Crippen LogP contribution in [0.25, 0.3) is 11.3 Å². The SMILES string of the molecule is CC(=O)NCCC(C)(C)[C@H](c1nc(-c2cc(F)ccc2F)cn1Cc1ccccc1)N(C[C@@H]1CNC[C@@H]1F)C(=O)[C@H](C)O. The van der Waals surface area contributed by atoms with Crippen molar-refractivity contribution in [2.45, 2.75) is 59.0 Å². The highest BCUT2D eigenvalue weighted by molar-refractivity contribution is 5.81. The van der Waals surface area contributed by atoms with Crippen LogP contribution in [0.1, 0.15) is 51.5 Å². The van der Waals surface area contributed by atoms with Crippen molar-refractivity contribution in [3.05, 3.63) is 77.8 Å². The van der Waals surface area contributed by atoms with Crippen LogP contribution in [-0.2, 0) is 16.1 Å². The van der Waals surface area contributed by atoms with Crippen LogP contribution in [0.2, 0.25) is 0 Å². The summed E-state index contributed by atoms with van der Waals surface area (Å²) in [5.41, 5.74) is 0.239. The number of hydrogen-bond acceptors (Lipinski definition) is 5. The Hall–Kier alpha value is -3.70. The van der Waals surface area contributed by atoms with Gasteiger partial charge in [0.15, 0.2) is 0 Å². The van der Waals surface area contributed by atoms with E-state index in [1.165, 1.54) is 18.7 Å². The minimum atomic E-state index is -1.39. The highest BCUT2D eigenvalue weighted by Gasteiger charge is 2.44. The van der Waals surface area contributed by atoms with Crippen molar-refractivity contribution in [3.63, 3.8) is 0 Å². The molecule has 2 amide bonds. The number of aliphatic hydroxyl groups excluding tert-OH is 1. The van der Waals surface area contributed by atoms with Gasteiger partial charge in [-0.25, -0.2) is 18.2 Å². The van der Waals surface area contributed by atoms with Crippen LogP contribution in [-0.4, -0.2) is 69.8 Å². The Morgan fingerprint density at radius 2 is 1.91 bits per heavy atom. The molecule has 0 spiro atoms. The van der Waals surface area contributed by atoms with Crippen LogP contribution in [0.3, 0.4) is 0 Å². The highest BCUT2D eigenvalue weighted by atomic mass is 19.1. The molecule has 11 heteroatoms. The summed E-state index contributed by atoms with van der Waals surface area (Å²) >= 11 is 0. The van der Waals surface area contributed by atoms with E-state index in [4.69, 9.17) is 4.98 Å². The van der Waals surface area contributed by atoms with E-state index in [1.54, 1.807) is 10.8 Å². The first kappa shape index (κ1) is 32.2. The second-order valence-electron chi connectivity index (χ2n) is 11.9. The van der Waals surface area contributed by atoms with Gasteiger partial charge in [-0.15, -0.1) is 0 Å². The number of alkyl halides is 1. The van der Waals surface area contributed by atoms with Gasteiger partial charge in [-0.05, 0) is 42.5 Å². The van der Waals surface area contributed by atoms with Gasteiger partial charge in [-0.1, -0.05) is 44.2 Å². The van der Waals surface area contributed by atoms with E-state index in [0.29, 0.717) is 25.3 Å². The zero-order chi connectivity index (χ0) is 31.3.